The summed E-state index contributed by atoms with van der Waals surface area (Å²) < 4.78 is 0.881. The first kappa shape index (κ1) is 12.8. The molecule has 1 saturated carbocycles. The molecule has 1 atom stereocenters. The van der Waals surface area contributed by atoms with Crippen LogP contribution in [0.15, 0.2) is 16.9 Å². The maximum absolute atomic E-state index is 11.8. The minimum Gasteiger partial charge on any atom is -0.351 e. The van der Waals surface area contributed by atoms with Crippen LogP contribution in [-0.2, 0) is 4.79 Å². The lowest BCUT2D eigenvalue weighted by Crippen LogP contribution is -2.48. The number of halogens is 1. The number of rotatable bonds is 3. The summed E-state index contributed by atoms with van der Waals surface area (Å²) in [5.74, 6) is 1.25. The molecule has 0 spiro atoms. The van der Waals surface area contributed by atoms with Gasteiger partial charge in [0.2, 0.25) is 11.9 Å². The Morgan fingerprint density at radius 1 is 1.32 bits per heavy atom. The third-order valence-electron chi connectivity index (χ3n) is 3.61. The van der Waals surface area contributed by atoms with Crippen molar-refractivity contribution in [3.8, 4) is 0 Å². The zero-order valence-electron chi connectivity index (χ0n) is 10.7. The third kappa shape index (κ3) is 3.23. The van der Waals surface area contributed by atoms with Gasteiger partial charge in [-0.1, -0.05) is 0 Å². The maximum atomic E-state index is 11.8. The zero-order chi connectivity index (χ0) is 13.2. The Labute approximate surface area is 120 Å². The molecule has 6 heteroatoms. The van der Waals surface area contributed by atoms with Gasteiger partial charge in [-0.25, -0.2) is 9.97 Å². The third-order valence-corrected chi connectivity index (χ3v) is 4.01. The van der Waals surface area contributed by atoms with Gasteiger partial charge in [0.25, 0.3) is 0 Å². The van der Waals surface area contributed by atoms with Crippen LogP contribution >= 0.6 is 15.9 Å². The number of hydrogen-bond acceptors (Lipinski definition) is 4. The number of anilines is 1. The molecular weight excluding hydrogens is 308 g/mol. The van der Waals surface area contributed by atoms with E-state index in [0.717, 1.165) is 49.2 Å². The molecule has 3 rings (SSSR count). The molecule has 1 saturated heterocycles. The summed E-state index contributed by atoms with van der Waals surface area (Å²) in [7, 11) is 0. The lowest BCUT2D eigenvalue weighted by Gasteiger charge is -2.33. The molecule has 1 aromatic heterocycles. The predicted octanol–water partition coefficient (Wildman–Crippen LogP) is 1.73. The summed E-state index contributed by atoms with van der Waals surface area (Å²) >= 11 is 3.34. The van der Waals surface area contributed by atoms with E-state index < -0.39 is 0 Å². The van der Waals surface area contributed by atoms with Crippen molar-refractivity contribution in [2.24, 2.45) is 5.92 Å². The Kier molecular flexibility index (Phi) is 3.68. The summed E-state index contributed by atoms with van der Waals surface area (Å²) in [4.78, 5) is 22.6. The summed E-state index contributed by atoms with van der Waals surface area (Å²) in [6.07, 6.45) is 7.74. The quantitative estimate of drug-likeness (QED) is 0.920. The average Bonchev–Trinajstić information content (AvgIpc) is 3.24. The van der Waals surface area contributed by atoms with Gasteiger partial charge in [0.15, 0.2) is 0 Å². The second-order valence-electron chi connectivity index (χ2n) is 5.27. The van der Waals surface area contributed by atoms with Crippen molar-refractivity contribution in [2.45, 2.75) is 31.7 Å². The molecule has 1 unspecified atom stereocenters. The van der Waals surface area contributed by atoms with Gasteiger partial charge in [0.05, 0.1) is 4.47 Å². The molecule has 2 fully saturated rings. The van der Waals surface area contributed by atoms with Crippen LogP contribution < -0.4 is 10.2 Å². The smallest absolute Gasteiger partial charge is 0.225 e. The van der Waals surface area contributed by atoms with Crippen LogP contribution in [0.25, 0.3) is 0 Å². The molecule has 1 amide bonds. The summed E-state index contributed by atoms with van der Waals surface area (Å²) in [5.41, 5.74) is 0. The molecule has 5 nitrogen and oxygen atoms in total. The van der Waals surface area contributed by atoms with Crippen LogP contribution in [0.3, 0.4) is 0 Å². The molecule has 1 aliphatic carbocycles. The highest BCUT2D eigenvalue weighted by Crippen LogP contribution is 2.29. The number of nitrogens with zero attached hydrogens (tertiary/aromatic N) is 3. The monoisotopic (exact) mass is 324 g/mol. The SMILES string of the molecule is O=C(NC1CCCN(c2ncc(Br)cn2)C1)C1CC1. The van der Waals surface area contributed by atoms with Crippen molar-refractivity contribution < 1.29 is 4.79 Å². The van der Waals surface area contributed by atoms with Gasteiger partial charge in [-0.2, -0.15) is 0 Å². The van der Waals surface area contributed by atoms with Crippen molar-refractivity contribution in [1.29, 1.82) is 0 Å². The highest BCUT2D eigenvalue weighted by atomic mass is 79.9. The molecule has 1 N–H and O–H groups in total. The van der Waals surface area contributed by atoms with Crippen LogP contribution in [0.4, 0.5) is 5.95 Å². The van der Waals surface area contributed by atoms with Gasteiger partial charge in [-0.3, -0.25) is 4.79 Å². The fourth-order valence-electron chi connectivity index (χ4n) is 2.41. The molecule has 2 heterocycles. The van der Waals surface area contributed by atoms with Gasteiger partial charge in [0, 0.05) is 37.4 Å². The standard InChI is InChI=1S/C13H17BrN4O/c14-10-6-15-13(16-7-10)18-5-1-2-11(8-18)17-12(19)9-3-4-9/h6-7,9,11H,1-5,8H2,(H,17,19). The second kappa shape index (κ2) is 5.45. The van der Waals surface area contributed by atoms with Crippen molar-refractivity contribution in [3.05, 3.63) is 16.9 Å². The van der Waals surface area contributed by atoms with Gasteiger partial charge in [-0.05, 0) is 41.6 Å². The molecule has 2 aliphatic rings. The van der Waals surface area contributed by atoms with Gasteiger partial charge < -0.3 is 10.2 Å². The van der Waals surface area contributed by atoms with E-state index in [9.17, 15) is 4.79 Å². The highest BCUT2D eigenvalue weighted by Gasteiger charge is 2.32. The predicted molar refractivity (Wildman–Crippen MR) is 75.8 cm³/mol. The molecular formula is C13H17BrN4O. The van der Waals surface area contributed by atoms with Crippen molar-refractivity contribution in [3.63, 3.8) is 0 Å². The molecule has 1 aromatic rings. The van der Waals surface area contributed by atoms with E-state index in [-0.39, 0.29) is 17.9 Å². The van der Waals surface area contributed by atoms with E-state index in [1.165, 1.54) is 0 Å². The molecule has 0 aromatic carbocycles. The number of piperidine rings is 1. The Bertz CT molecular complexity index is 460. The van der Waals surface area contributed by atoms with E-state index in [1.54, 1.807) is 12.4 Å². The normalized spacial score (nSPS) is 23.2. The fraction of sp³-hybridized carbons (Fsp3) is 0.615. The topological polar surface area (TPSA) is 58.1 Å². The molecule has 0 radical (unpaired) electrons. The van der Waals surface area contributed by atoms with Crippen LogP contribution in [0, 0.1) is 5.92 Å². The van der Waals surface area contributed by atoms with Crippen LogP contribution in [0.2, 0.25) is 0 Å². The Hall–Kier alpha value is -1.17. The number of amides is 1. The zero-order valence-corrected chi connectivity index (χ0v) is 12.3. The van der Waals surface area contributed by atoms with E-state index in [2.05, 4.69) is 36.1 Å². The number of carbonyl (C=O) groups is 1. The van der Waals surface area contributed by atoms with Crippen molar-refractivity contribution in [2.75, 3.05) is 18.0 Å². The molecule has 102 valence electrons. The van der Waals surface area contributed by atoms with Gasteiger partial charge in [-0.15, -0.1) is 0 Å². The first-order valence-electron chi connectivity index (χ1n) is 6.75. The van der Waals surface area contributed by atoms with Crippen LogP contribution in [0.5, 0.6) is 0 Å². The first-order chi connectivity index (χ1) is 9.22. The maximum Gasteiger partial charge on any atom is 0.225 e. The largest absolute Gasteiger partial charge is 0.351 e. The first-order valence-corrected chi connectivity index (χ1v) is 7.54. The van der Waals surface area contributed by atoms with Crippen molar-refractivity contribution >= 4 is 27.8 Å². The minimum absolute atomic E-state index is 0.226. The van der Waals surface area contributed by atoms with E-state index in [0.29, 0.717) is 0 Å². The Morgan fingerprint density at radius 3 is 2.74 bits per heavy atom. The number of aromatic nitrogens is 2. The number of nitrogens with one attached hydrogen (secondary N) is 1. The van der Waals surface area contributed by atoms with Crippen molar-refractivity contribution in [1.82, 2.24) is 15.3 Å². The lowest BCUT2D eigenvalue weighted by atomic mass is 10.1. The van der Waals surface area contributed by atoms with E-state index in [4.69, 9.17) is 0 Å². The Morgan fingerprint density at radius 2 is 2.05 bits per heavy atom. The van der Waals surface area contributed by atoms with E-state index in [1.807, 2.05) is 0 Å². The lowest BCUT2D eigenvalue weighted by molar-refractivity contribution is -0.123. The minimum atomic E-state index is 0.226. The highest BCUT2D eigenvalue weighted by molar-refractivity contribution is 9.10. The molecule has 1 aliphatic heterocycles. The summed E-state index contributed by atoms with van der Waals surface area (Å²) in [6, 6.07) is 0.231. The van der Waals surface area contributed by atoms with Gasteiger partial charge >= 0.3 is 0 Å². The van der Waals surface area contributed by atoms with Crippen LogP contribution in [0.1, 0.15) is 25.7 Å². The number of hydrogen-bond donors (Lipinski definition) is 1. The summed E-state index contributed by atoms with van der Waals surface area (Å²) in [5, 5.41) is 3.15. The fourth-order valence-corrected chi connectivity index (χ4v) is 2.61. The van der Waals surface area contributed by atoms with E-state index >= 15 is 0 Å². The molecule has 0 bridgehead atoms. The number of carbonyl (C=O) groups excluding carboxylic acids is 1. The van der Waals surface area contributed by atoms with Crippen LogP contribution in [-0.4, -0.2) is 35.0 Å². The Balaban J connectivity index is 1.60. The summed E-state index contributed by atoms with van der Waals surface area (Å²) in [6.45, 7) is 1.76. The molecule has 19 heavy (non-hydrogen) atoms. The average molecular weight is 325 g/mol. The second-order valence-corrected chi connectivity index (χ2v) is 6.18. The van der Waals surface area contributed by atoms with Gasteiger partial charge in [0.1, 0.15) is 0 Å².